The molecule has 2 heterocycles. The zero-order chi connectivity index (χ0) is 15.7. The lowest BCUT2D eigenvalue weighted by molar-refractivity contribution is 0.0854. The van der Waals surface area contributed by atoms with E-state index in [-0.39, 0.29) is 12.1 Å². The summed E-state index contributed by atoms with van der Waals surface area (Å²) in [6.07, 6.45) is -0.867. The van der Waals surface area contributed by atoms with Gasteiger partial charge >= 0.3 is 0 Å². The Morgan fingerprint density at radius 1 is 1.14 bits per heavy atom. The summed E-state index contributed by atoms with van der Waals surface area (Å²) in [5.74, 6) is -0.415. The summed E-state index contributed by atoms with van der Waals surface area (Å²) in [4.78, 5) is 7.61. The standard InChI is InChI=1S/C15H15ClF3N3/c16-11-3-4-20-15-10(11)1-2-12(14(15)19)22-7-5-21(6-8-22)9-13(17)18/h1-4,13H,5-9H2. The number of rotatable bonds is 3. The van der Waals surface area contributed by atoms with Crippen molar-refractivity contribution >= 4 is 28.2 Å². The molecule has 0 bridgehead atoms. The summed E-state index contributed by atoms with van der Waals surface area (Å²) in [5, 5.41) is 1.03. The summed E-state index contributed by atoms with van der Waals surface area (Å²) < 4.78 is 39.4. The third kappa shape index (κ3) is 2.98. The van der Waals surface area contributed by atoms with Crippen molar-refractivity contribution in [1.82, 2.24) is 9.88 Å². The lowest BCUT2D eigenvalue weighted by Gasteiger charge is -2.36. The van der Waals surface area contributed by atoms with Gasteiger partial charge in [-0.3, -0.25) is 9.88 Å². The minimum Gasteiger partial charge on any atom is -0.367 e. The maximum Gasteiger partial charge on any atom is 0.251 e. The molecule has 0 amide bonds. The van der Waals surface area contributed by atoms with E-state index in [1.54, 1.807) is 23.1 Å². The number of piperazine rings is 1. The number of alkyl halides is 2. The van der Waals surface area contributed by atoms with Crippen LogP contribution in [0.5, 0.6) is 0 Å². The summed E-state index contributed by atoms with van der Waals surface area (Å²) in [5.41, 5.74) is 0.680. The number of nitrogens with zero attached hydrogens (tertiary/aromatic N) is 3. The van der Waals surface area contributed by atoms with E-state index in [0.29, 0.717) is 42.3 Å². The van der Waals surface area contributed by atoms with Crippen LogP contribution in [0.4, 0.5) is 18.9 Å². The molecule has 7 heteroatoms. The van der Waals surface area contributed by atoms with Gasteiger partial charge in [-0.2, -0.15) is 0 Å². The molecule has 1 aromatic heterocycles. The van der Waals surface area contributed by atoms with E-state index in [2.05, 4.69) is 4.98 Å². The van der Waals surface area contributed by atoms with Crippen LogP contribution in [0.3, 0.4) is 0 Å². The van der Waals surface area contributed by atoms with Crippen molar-refractivity contribution in [1.29, 1.82) is 0 Å². The summed E-state index contributed by atoms with van der Waals surface area (Å²) in [6, 6.07) is 5.04. The second kappa shape index (κ2) is 6.30. The van der Waals surface area contributed by atoms with Crippen LogP contribution in [-0.4, -0.2) is 49.0 Å². The Morgan fingerprint density at radius 3 is 2.55 bits per heavy atom. The van der Waals surface area contributed by atoms with E-state index in [4.69, 9.17) is 11.6 Å². The predicted octanol–water partition coefficient (Wildman–Crippen LogP) is 3.41. The zero-order valence-electron chi connectivity index (χ0n) is 11.8. The van der Waals surface area contributed by atoms with Crippen molar-refractivity contribution in [2.24, 2.45) is 0 Å². The van der Waals surface area contributed by atoms with Gasteiger partial charge in [0.1, 0.15) is 5.52 Å². The van der Waals surface area contributed by atoms with Crippen LogP contribution in [0.15, 0.2) is 24.4 Å². The topological polar surface area (TPSA) is 19.4 Å². The molecule has 0 unspecified atom stereocenters. The second-order valence-corrected chi connectivity index (χ2v) is 5.67. The van der Waals surface area contributed by atoms with Gasteiger partial charge in [-0.25, -0.2) is 13.2 Å². The molecule has 3 nitrogen and oxygen atoms in total. The third-order valence-corrected chi connectivity index (χ3v) is 4.22. The first kappa shape index (κ1) is 15.4. The number of anilines is 1. The Balaban J connectivity index is 1.82. The highest BCUT2D eigenvalue weighted by atomic mass is 35.5. The number of pyridine rings is 1. The number of aromatic nitrogens is 1. The van der Waals surface area contributed by atoms with E-state index < -0.39 is 12.2 Å². The van der Waals surface area contributed by atoms with Crippen molar-refractivity contribution in [2.75, 3.05) is 37.6 Å². The van der Waals surface area contributed by atoms with Crippen molar-refractivity contribution in [2.45, 2.75) is 6.43 Å². The van der Waals surface area contributed by atoms with E-state index in [1.165, 1.54) is 6.20 Å². The minimum absolute atomic E-state index is 0.231. The molecule has 2 aromatic rings. The predicted molar refractivity (Wildman–Crippen MR) is 81.4 cm³/mol. The molecule has 0 N–H and O–H groups in total. The first-order valence-electron chi connectivity index (χ1n) is 7.04. The molecular formula is C15H15ClF3N3. The zero-order valence-corrected chi connectivity index (χ0v) is 12.5. The molecule has 0 radical (unpaired) electrons. The molecule has 1 aromatic carbocycles. The number of fused-ring (bicyclic) bond motifs is 1. The lowest BCUT2D eigenvalue weighted by Crippen LogP contribution is -2.48. The Morgan fingerprint density at radius 2 is 1.86 bits per heavy atom. The fourth-order valence-corrected chi connectivity index (χ4v) is 2.96. The number of hydrogen-bond acceptors (Lipinski definition) is 3. The highest BCUT2D eigenvalue weighted by molar-refractivity contribution is 6.35. The Kier molecular flexibility index (Phi) is 4.40. The Labute approximate surface area is 131 Å². The molecule has 22 heavy (non-hydrogen) atoms. The van der Waals surface area contributed by atoms with Crippen molar-refractivity contribution in [3.63, 3.8) is 0 Å². The third-order valence-electron chi connectivity index (χ3n) is 3.89. The highest BCUT2D eigenvalue weighted by Crippen LogP contribution is 2.30. The molecule has 0 spiro atoms. The molecule has 118 valence electrons. The number of halogens is 4. The van der Waals surface area contributed by atoms with E-state index in [9.17, 15) is 13.2 Å². The maximum atomic E-state index is 14.6. The second-order valence-electron chi connectivity index (χ2n) is 5.27. The summed E-state index contributed by atoms with van der Waals surface area (Å²) >= 11 is 6.04. The van der Waals surface area contributed by atoms with Gasteiger partial charge in [0.15, 0.2) is 5.82 Å². The van der Waals surface area contributed by atoms with Gasteiger partial charge in [-0.1, -0.05) is 11.6 Å². The monoisotopic (exact) mass is 329 g/mol. The minimum atomic E-state index is -2.34. The van der Waals surface area contributed by atoms with E-state index in [1.807, 2.05) is 4.90 Å². The Hall–Kier alpha value is -1.53. The average molecular weight is 330 g/mol. The van der Waals surface area contributed by atoms with Gasteiger partial charge in [-0.05, 0) is 18.2 Å². The smallest absolute Gasteiger partial charge is 0.251 e. The Bertz CT molecular complexity index is 672. The molecular weight excluding hydrogens is 315 g/mol. The molecule has 0 aliphatic carbocycles. The van der Waals surface area contributed by atoms with Crippen LogP contribution in [-0.2, 0) is 0 Å². The van der Waals surface area contributed by atoms with Crippen LogP contribution in [0.1, 0.15) is 0 Å². The fraction of sp³-hybridized carbons (Fsp3) is 0.400. The first-order valence-corrected chi connectivity index (χ1v) is 7.42. The molecule has 3 rings (SSSR count). The maximum absolute atomic E-state index is 14.6. The highest BCUT2D eigenvalue weighted by Gasteiger charge is 2.22. The van der Waals surface area contributed by atoms with Crippen molar-refractivity contribution in [3.8, 4) is 0 Å². The van der Waals surface area contributed by atoms with Gasteiger partial charge < -0.3 is 4.90 Å². The quantitative estimate of drug-likeness (QED) is 0.860. The van der Waals surface area contributed by atoms with E-state index in [0.717, 1.165) is 0 Å². The van der Waals surface area contributed by atoms with Crippen molar-refractivity contribution < 1.29 is 13.2 Å². The van der Waals surface area contributed by atoms with Crippen LogP contribution in [0.25, 0.3) is 10.9 Å². The van der Waals surface area contributed by atoms with Gasteiger partial charge in [-0.15, -0.1) is 0 Å². The van der Waals surface area contributed by atoms with Crippen LogP contribution in [0, 0.1) is 5.82 Å². The largest absolute Gasteiger partial charge is 0.367 e. The normalized spacial score (nSPS) is 16.7. The first-order chi connectivity index (χ1) is 10.6. The fourth-order valence-electron chi connectivity index (χ4n) is 2.75. The molecule has 1 aliphatic heterocycles. The van der Waals surface area contributed by atoms with Gasteiger partial charge in [0.05, 0.1) is 17.3 Å². The molecule has 0 atom stereocenters. The van der Waals surface area contributed by atoms with Gasteiger partial charge in [0.2, 0.25) is 0 Å². The molecule has 1 saturated heterocycles. The van der Waals surface area contributed by atoms with Crippen LogP contribution >= 0.6 is 11.6 Å². The SMILES string of the molecule is Fc1c(N2CCN(CC(F)F)CC2)ccc2c(Cl)ccnc12. The van der Waals surface area contributed by atoms with Gasteiger partial charge in [0.25, 0.3) is 6.43 Å². The average Bonchev–Trinajstić information content (AvgIpc) is 2.49. The number of benzene rings is 1. The van der Waals surface area contributed by atoms with Crippen LogP contribution < -0.4 is 4.90 Å². The van der Waals surface area contributed by atoms with Crippen molar-refractivity contribution in [3.05, 3.63) is 35.2 Å². The molecule has 1 aliphatic rings. The van der Waals surface area contributed by atoms with Gasteiger partial charge in [0, 0.05) is 37.8 Å². The lowest BCUT2D eigenvalue weighted by atomic mass is 10.1. The molecule has 1 fully saturated rings. The molecule has 0 saturated carbocycles. The van der Waals surface area contributed by atoms with Crippen LogP contribution in [0.2, 0.25) is 5.02 Å². The summed E-state index contributed by atoms with van der Waals surface area (Å²) in [6.45, 7) is 1.77. The summed E-state index contributed by atoms with van der Waals surface area (Å²) in [7, 11) is 0. The van der Waals surface area contributed by atoms with E-state index >= 15 is 0 Å². The number of hydrogen-bond donors (Lipinski definition) is 0.